The van der Waals surface area contributed by atoms with E-state index >= 15 is 0 Å². The second-order valence-electron chi connectivity index (χ2n) is 7.40. The molecule has 150 valence electrons. The van der Waals surface area contributed by atoms with Gasteiger partial charge in [0.2, 0.25) is 5.91 Å². The van der Waals surface area contributed by atoms with Crippen LogP contribution in [0, 0.1) is 0 Å². The molecule has 0 aromatic heterocycles. The smallest absolute Gasteiger partial charge is 0.236 e. The summed E-state index contributed by atoms with van der Waals surface area (Å²) in [7, 11) is 0. The minimum absolute atomic E-state index is 0.198. The van der Waals surface area contributed by atoms with Crippen molar-refractivity contribution in [2.45, 2.75) is 25.0 Å². The molecule has 0 radical (unpaired) electrons. The molecule has 1 amide bonds. The standard InChI is InChI=1S/C18H33N3O5/c22-16(14-25-15-17-2-1-9-26-17)12-19-3-5-20(6-4-19)13-18(23)21-7-10-24-11-8-21/h16-17,22H,1-15H2. The van der Waals surface area contributed by atoms with Gasteiger partial charge in [-0.3, -0.25) is 14.6 Å². The van der Waals surface area contributed by atoms with E-state index in [1.807, 2.05) is 4.90 Å². The highest BCUT2D eigenvalue weighted by molar-refractivity contribution is 5.78. The lowest BCUT2D eigenvalue weighted by Gasteiger charge is -2.36. The maximum absolute atomic E-state index is 12.3. The van der Waals surface area contributed by atoms with Crippen molar-refractivity contribution >= 4 is 5.91 Å². The van der Waals surface area contributed by atoms with E-state index in [1.54, 1.807) is 0 Å². The van der Waals surface area contributed by atoms with Crippen molar-refractivity contribution in [2.75, 3.05) is 85.4 Å². The molecule has 0 saturated carbocycles. The number of nitrogens with zero attached hydrogens (tertiary/aromatic N) is 3. The zero-order chi connectivity index (χ0) is 18.2. The van der Waals surface area contributed by atoms with E-state index in [9.17, 15) is 9.90 Å². The predicted molar refractivity (Wildman–Crippen MR) is 96.1 cm³/mol. The van der Waals surface area contributed by atoms with Crippen LogP contribution in [0.2, 0.25) is 0 Å². The molecule has 26 heavy (non-hydrogen) atoms. The van der Waals surface area contributed by atoms with Crippen molar-refractivity contribution in [2.24, 2.45) is 0 Å². The van der Waals surface area contributed by atoms with Crippen LogP contribution in [0.4, 0.5) is 0 Å². The van der Waals surface area contributed by atoms with E-state index in [0.29, 0.717) is 52.6 Å². The van der Waals surface area contributed by atoms with Gasteiger partial charge in [-0.2, -0.15) is 0 Å². The molecule has 2 atom stereocenters. The highest BCUT2D eigenvalue weighted by Crippen LogP contribution is 2.12. The first-order chi connectivity index (χ1) is 12.7. The summed E-state index contributed by atoms with van der Waals surface area (Å²) in [5.74, 6) is 0.198. The molecule has 3 saturated heterocycles. The molecule has 0 aromatic carbocycles. The Bertz CT molecular complexity index is 419. The number of aliphatic hydroxyl groups is 1. The summed E-state index contributed by atoms with van der Waals surface area (Å²) in [4.78, 5) is 18.6. The van der Waals surface area contributed by atoms with Gasteiger partial charge in [0, 0.05) is 52.4 Å². The molecule has 1 N–H and O–H groups in total. The van der Waals surface area contributed by atoms with Gasteiger partial charge in [0.05, 0.1) is 45.2 Å². The maximum atomic E-state index is 12.3. The molecule has 3 rings (SSSR count). The molecule has 3 aliphatic rings. The molecule has 2 unspecified atom stereocenters. The molecule has 8 heteroatoms. The van der Waals surface area contributed by atoms with Gasteiger partial charge < -0.3 is 24.2 Å². The molecule has 3 aliphatic heterocycles. The number of β-amino-alcohol motifs (C(OH)–C–C–N with tert-alkyl or cyclic N) is 1. The molecule has 0 aromatic rings. The van der Waals surface area contributed by atoms with E-state index in [2.05, 4.69) is 9.80 Å². The van der Waals surface area contributed by atoms with Crippen LogP contribution in [0.25, 0.3) is 0 Å². The largest absolute Gasteiger partial charge is 0.389 e. The van der Waals surface area contributed by atoms with E-state index < -0.39 is 6.10 Å². The predicted octanol–water partition coefficient (Wildman–Crippen LogP) is -0.981. The van der Waals surface area contributed by atoms with Gasteiger partial charge in [0.25, 0.3) is 0 Å². The lowest BCUT2D eigenvalue weighted by Crippen LogP contribution is -2.52. The van der Waals surface area contributed by atoms with Crippen LogP contribution in [-0.2, 0) is 19.0 Å². The number of hydrogen-bond donors (Lipinski definition) is 1. The van der Waals surface area contributed by atoms with Gasteiger partial charge in [0.15, 0.2) is 0 Å². The second kappa shape index (κ2) is 10.5. The molecule has 8 nitrogen and oxygen atoms in total. The van der Waals surface area contributed by atoms with E-state index in [-0.39, 0.29) is 12.0 Å². The Kier molecular flexibility index (Phi) is 8.09. The first-order valence-corrected chi connectivity index (χ1v) is 9.88. The van der Waals surface area contributed by atoms with Crippen LogP contribution in [0.5, 0.6) is 0 Å². The Morgan fingerprint density at radius 1 is 1.08 bits per heavy atom. The van der Waals surface area contributed by atoms with Gasteiger partial charge in [-0.25, -0.2) is 0 Å². The third-order valence-corrected chi connectivity index (χ3v) is 5.29. The van der Waals surface area contributed by atoms with Gasteiger partial charge in [-0.1, -0.05) is 0 Å². The zero-order valence-electron chi connectivity index (χ0n) is 15.7. The van der Waals surface area contributed by atoms with E-state index in [0.717, 1.165) is 45.6 Å². The molecule has 3 fully saturated rings. The number of amides is 1. The van der Waals surface area contributed by atoms with Crippen molar-refractivity contribution < 1.29 is 24.1 Å². The van der Waals surface area contributed by atoms with Crippen LogP contribution in [0.3, 0.4) is 0 Å². The average Bonchev–Trinajstić information content (AvgIpc) is 3.17. The Balaban J connectivity index is 1.26. The van der Waals surface area contributed by atoms with Crippen molar-refractivity contribution in [3.8, 4) is 0 Å². The third kappa shape index (κ3) is 6.44. The van der Waals surface area contributed by atoms with Gasteiger partial charge in [0.1, 0.15) is 0 Å². The lowest BCUT2D eigenvalue weighted by atomic mass is 10.2. The number of hydrogen-bond acceptors (Lipinski definition) is 7. The van der Waals surface area contributed by atoms with E-state index in [1.165, 1.54) is 0 Å². The minimum atomic E-state index is -0.474. The summed E-state index contributed by atoms with van der Waals surface area (Å²) in [6, 6.07) is 0. The molecule has 0 spiro atoms. The van der Waals surface area contributed by atoms with Crippen LogP contribution in [-0.4, -0.2) is 123 Å². The summed E-state index contributed by atoms with van der Waals surface area (Å²) in [6.07, 6.45) is 1.89. The Hall–Kier alpha value is -0.770. The quantitative estimate of drug-likeness (QED) is 0.588. The summed E-state index contributed by atoms with van der Waals surface area (Å²) < 4.78 is 16.4. The third-order valence-electron chi connectivity index (χ3n) is 5.29. The highest BCUT2D eigenvalue weighted by atomic mass is 16.5. The normalized spacial score (nSPS) is 27.0. The minimum Gasteiger partial charge on any atom is -0.389 e. The number of carbonyl (C=O) groups is 1. The number of morpholine rings is 1. The first-order valence-electron chi connectivity index (χ1n) is 9.88. The fourth-order valence-electron chi connectivity index (χ4n) is 3.70. The summed E-state index contributed by atoms with van der Waals surface area (Å²) in [5, 5.41) is 10.2. The van der Waals surface area contributed by atoms with Gasteiger partial charge in [-0.15, -0.1) is 0 Å². The molecule has 0 bridgehead atoms. The lowest BCUT2D eigenvalue weighted by molar-refractivity contribution is -0.137. The summed E-state index contributed by atoms with van der Waals surface area (Å²) >= 11 is 0. The number of rotatable bonds is 8. The fraction of sp³-hybridized carbons (Fsp3) is 0.944. The van der Waals surface area contributed by atoms with E-state index in [4.69, 9.17) is 14.2 Å². The SMILES string of the molecule is O=C(CN1CCN(CC(O)COCC2CCCO2)CC1)N1CCOCC1. The van der Waals surface area contributed by atoms with Crippen molar-refractivity contribution in [1.29, 1.82) is 0 Å². The number of ether oxygens (including phenoxy) is 3. The van der Waals surface area contributed by atoms with Crippen molar-refractivity contribution in [3.05, 3.63) is 0 Å². The Morgan fingerprint density at radius 3 is 2.50 bits per heavy atom. The first kappa shape index (κ1) is 20.0. The van der Waals surface area contributed by atoms with Crippen molar-refractivity contribution in [3.63, 3.8) is 0 Å². The number of carbonyl (C=O) groups excluding carboxylic acids is 1. The Labute approximate surface area is 156 Å². The number of piperazine rings is 1. The average molecular weight is 371 g/mol. The Morgan fingerprint density at radius 2 is 1.81 bits per heavy atom. The topological polar surface area (TPSA) is 74.7 Å². The summed E-state index contributed by atoms with van der Waals surface area (Å²) in [6.45, 7) is 9.04. The van der Waals surface area contributed by atoms with Crippen LogP contribution < -0.4 is 0 Å². The molecular formula is C18H33N3O5. The summed E-state index contributed by atoms with van der Waals surface area (Å²) in [5.41, 5.74) is 0. The maximum Gasteiger partial charge on any atom is 0.236 e. The van der Waals surface area contributed by atoms with Gasteiger partial charge in [-0.05, 0) is 12.8 Å². The molecular weight excluding hydrogens is 338 g/mol. The van der Waals surface area contributed by atoms with Crippen molar-refractivity contribution in [1.82, 2.24) is 14.7 Å². The van der Waals surface area contributed by atoms with Gasteiger partial charge >= 0.3 is 0 Å². The second-order valence-corrected chi connectivity index (χ2v) is 7.40. The zero-order valence-corrected chi connectivity index (χ0v) is 15.7. The van der Waals surface area contributed by atoms with Crippen LogP contribution in [0.1, 0.15) is 12.8 Å². The number of aliphatic hydroxyl groups excluding tert-OH is 1. The van der Waals surface area contributed by atoms with Crippen LogP contribution in [0.15, 0.2) is 0 Å². The molecule has 0 aliphatic carbocycles. The molecule has 3 heterocycles. The van der Waals surface area contributed by atoms with Crippen LogP contribution >= 0.6 is 0 Å². The highest BCUT2D eigenvalue weighted by Gasteiger charge is 2.24. The monoisotopic (exact) mass is 371 g/mol. The fourth-order valence-corrected chi connectivity index (χ4v) is 3.70.